The Morgan fingerprint density at radius 3 is 2.67 bits per heavy atom. The van der Waals surface area contributed by atoms with Gasteiger partial charge < -0.3 is 9.16 Å². The van der Waals surface area contributed by atoms with Crippen molar-refractivity contribution in [1.82, 2.24) is 0 Å². The van der Waals surface area contributed by atoms with Crippen LogP contribution in [0.1, 0.15) is 16.7 Å². The van der Waals surface area contributed by atoms with Crippen molar-refractivity contribution in [2.45, 2.75) is 39.5 Å². The molecule has 2 rings (SSSR count). The van der Waals surface area contributed by atoms with E-state index in [0.29, 0.717) is 0 Å². The van der Waals surface area contributed by atoms with E-state index < -0.39 is 8.32 Å². The summed E-state index contributed by atoms with van der Waals surface area (Å²) in [5.41, 5.74) is 3.92. The largest absolute Gasteiger partial charge is 0.413 e. The maximum atomic E-state index is 5.87. The molecule has 82 valence electrons. The van der Waals surface area contributed by atoms with E-state index in [1.54, 1.807) is 0 Å². The summed E-state index contributed by atoms with van der Waals surface area (Å²) in [5.74, 6) is 0. The van der Waals surface area contributed by atoms with E-state index in [1.807, 2.05) is 0 Å². The highest BCUT2D eigenvalue weighted by atomic mass is 28.4. The normalized spacial score (nSPS) is 15.4. The molecule has 15 heavy (non-hydrogen) atoms. The van der Waals surface area contributed by atoms with E-state index in [0.717, 1.165) is 19.8 Å². The minimum Gasteiger partial charge on any atom is -0.413 e. The molecule has 1 aromatic rings. The molecule has 1 aromatic carbocycles. The van der Waals surface area contributed by atoms with Crippen LogP contribution in [0.25, 0.3) is 0 Å². The smallest absolute Gasteiger partial charge is 0.184 e. The van der Waals surface area contributed by atoms with Gasteiger partial charge in [-0.3, -0.25) is 0 Å². The fourth-order valence-corrected chi connectivity index (χ4v) is 2.21. The number of rotatable bonds is 3. The van der Waals surface area contributed by atoms with Gasteiger partial charge in [-0.1, -0.05) is 18.2 Å². The summed E-state index contributed by atoms with van der Waals surface area (Å²) >= 11 is 0. The first-order chi connectivity index (χ1) is 7.04. The van der Waals surface area contributed by atoms with Crippen molar-refractivity contribution < 1.29 is 9.16 Å². The van der Waals surface area contributed by atoms with Gasteiger partial charge >= 0.3 is 0 Å². The molecule has 0 atom stereocenters. The number of benzene rings is 1. The predicted molar refractivity (Wildman–Crippen MR) is 63.1 cm³/mol. The van der Waals surface area contributed by atoms with E-state index in [9.17, 15) is 0 Å². The molecule has 1 aliphatic heterocycles. The molecule has 0 spiro atoms. The molecule has 0 fully saturated rings. The summed E-state index contributed by atoms with van der Waals surface area (Å²) in [5, 5.41) is 0. The summed E-state index contributed by atoms with van der Waals surface area (Å²) in [6.45, 7) is 8.90. The maximum Gasteiger partial charge on any atom is 0.184 e. The first-order valence-corrected chi connectivity index (χ1v) is 8.78. The standard InChI is InChI=1S/C12H18O2Si/c1-15(2,3)14-7-10-4-5-11-8-13-9-12(11)6-10/h4-6H,7-9H2,1-3H3. The number of fused-ring (bicyclic) bond motifs is 1. The average Bonchev–Trinajstić information content (AvgIpc) is 2.60. The molecule has 0 aliphatic carbocycles. The molecular formula is C12H18O2Si. The van der Waals surface area contributed by atoms with Crippen LogP contribution in [0, 0.1) is 0 Å². The van der Waals surface area contributed by atoms with Gasteiger partial charge in [0.05, 0.1) is 19.8 Å². The molecule has 2 nitrogen and oxygen atoms in total. The molecule has 1 heterocycles. The molecule has 3 heteroatoms. The summed E-state index contributed by atoms with van der Waals surface area (Å²) in [6.07, 6.45) is 0. The van der Waals surface area contributed by atoms with E-state index >= 15 is 0 Å². The first-order valence-electron chi connectivity index (χ1n) is 5.37. The van der Waals surface area contributed by atoms with Gasteiger partial charge in [0.2, 0.25) is 0 Å². The van der Waals surface area contributed by atoms with Gasteiger partial charge in [0.1, 0.15) is 0 Å². The highest BCUT2D eigenvalue weighted by molar-refractivity contribution is 6.69. The second kappa shape index (κ2) is 4.08. The Balaban J connectivity index is 2.04. The van der Waals surface area contributed by atoms with Crippen LogP contribution in [0.4, 0.5) is 0 Å². The topological polar surface area (TPSA) is 18.5 Å². The van der Waals surface area contributed by atoms with E-state index in [4.69, 9.17) is 9.16 Å². The summed E-state index contributed by atoms with van der Waals surface area (Å²) < 4.78 is 11.3. The Labute approximate surface area is 92.3 Å². The van der Waals surface area contributed by atoms with Crippen molar-refractivity contribution in [3.8, 4) is 0 Å². The third-order valence-corrected chi connectivity index (χ3v) is 3.47. The van der Waals surface area contributed by atoms with Crippen molar-refractivity contribution in [1.29, 1.82) is 0 Å². The zero-order valence-electron chi connectivity index (χ0n) is 9.67. The van der Waals surface area contributed by atoms with Crippen LogP contribution in [0.2, 0.25) is 19.6 Å². The number of hydrogen-bond donors (Lipinski definition) is 0. The van der Waals surface area contributed by atoms with Crippen LogP contribution in [-0.2, 0) is 29.0 Å². The SMILES string of the molecule is C[Si](C)(C)OCc1ccc2c(c1)COC2. The Morgan fingerprint density at radius 2 is 1.93 bits per heavy atom. The van der Waals surface area contributed by atoms with Crippen molar-refractivity contribution in [3.63, 3.8) is 0 Å². The molecule has 0 N–H and O–H groups in total. The molecule has 0 saturated heterocycles. The van der Waals surface area contributed by atoms with Gasteiger partial charge in [-0.25, -0.2) is 0 Å². The van der Waals surface area contributed by atoms with Crippen LogP contribution >= 0.6 is 0 Å². The molecule has 0 unspecified atom stereocenters. The van der Waals surface area contributed by atoms with Gasteiger partial charge in [0, 0.05) is 0 Å². The van der Waals surface area contributed by atoms with Gasteiger partial charge in [0.25, 0.3) is 0 Å². The monoisotopic (exact) mass is 222 g/mol. The number of ether oxygens (including phenoxy) is 1. The Kier molecular flexibility index (Phi) is 2.95. The van der Waals surface area contributed by atoms with E-state index in [2.05, 4.69) is 37.8 Å². The zero-order chi connectivity index (χ0) is 10.9. The molecule has 1 aliphatic rings. The Hall–Kier alpha value is -0.643. The lowest BCUT2D eigenvalue weighted by Gasteiger charge is -2.17. The van der Waals surface area contributed by atoms with Crippen molar-refractivity contribution in [2.75, 3.05) is 0 Å². The Bertz CT molecular complexity index is 355. The molecular weight excluding hydrogens is 204 g/mol. The summed E-state index contributed by atoms with van der Waals surface area (Å²) in [7, 11) is -1.40. The van der Waals surface area contributed by atoms with Gasteiger partial charge in [0.15, 0.2) is 8.32 Å². The first kappa shape index (κ1) is 10.9. The number of hydrogen-bond acceptors (Lipinski definition) is 2. The lowest BCUT2D eigenvalue weighted by atomic mass is 10.1. The van der Waals surface area contributed by atoms with Crippen LogP contribution in [0.5, 0.6) is 0 Å². The van der Waals surface area contributed by atoms with Crippen LogP contribution < -0.4 is 0 Å². The molecule has 0 saturated carbocycles. The van der Waals surface area contributed by atoms with Gasteiger partial charge in [-0.15, -0.1) is 0 Å². The molecule has 0 amide bonds. The maximum absolute atomic E-state index is 5.87. The summed E-state index contributed by atoms with van der Waals surface area (Å²) in [4.78, 5) is 0. The minimum atomic E-state index is -1.40. The second-order valence-corrected chi connectivity index (χ2v) is 9.51. The average molecular weight is 222 g/mol. The second-order valence-electron chi connectivity index (χ2n) is 5.00. The predicted octanol–water partition coefficient (Wildman–Crippen LogP) is 3.07. The zero-order valence-corrected chi connectivity index (χ0v) is 10.7. The van der Waals surface area contributed by atoms with Crippen molar-refractivity contribution >= 4 is 8.32 Å². The van der Waals surface area contributed by atoms with E-state index in [1.165, 1.54) is 16.7 Å². The highest BCUT2D eigenvalue weighted by Gasteiger charge is 2.15. The van der Waals surface area contributed by atoms with Crippen molar-refractivity contribution in [2.24, 2.45) is 0 Å². The summed E-state index contributed by atoms with van der Waals surface area (Å²) in [6, 6.07) is 6.52. The fraction of sp³-hybridized carbons (Fsp3) is 0.500. The van der Waals surface area contributed by atoms with E-state index in [-0.39, 0.29) is 0 Å². The fourth-order valence-electron chi connectivity index (χ4n) is 1.62. The molecule has 0 radical (unpaired) electrons. The van der Waals surface area contributed by atoms with Gasteiger partial charge in [-0.05, 0) is 36.3 Å². The highest BCUT2D eigenvalue weighted by Crippen LogP contribution is 2.21. The lowest BCUT2D eigenvalue weighted by Crippen LogP contribution is -2.24. The third kappa shape index (κ3) is 2.90. The van der Waals surface area contributed by atoms with Crippen LogP contribution in [-0.4, -0.2) is 8.32 Å². The van der Waals surface area contributed by atoms with Crippen LogP contribution in [0.3, 0.4) is 0 Å². The van der Waals surface area contributed by atoms with Crippen molar-refractivity contribution in [3.05, 3.63) is 34.9 Å². The van der Waals surface area contributed by atoms with Crippen LogP contribution in [0.15, 0.2) is 18.2 Å². The lowest BCUT2D eigenvalue weighted by molar-refractivity contribution is 0.134. The minimum absolute atomic E-state index is 0.739. The van der Waals surface area contributed by atoms with Gasteiger partial charge in [-0.2, -0.15) is 0 Å². The quantitative estimate of drug-likeness (QED) is 0.732. The molecule has 0 aromatic heterocycles. The Morgan fingerprint density at radius 1 is 1.20 bits per heavy atom. The third-order valence-electron chi connectivity index (χ3n) is 2.46. The molecule has 0 bridgehead atoms.